The van der Waals surface area contributed by atoms with Crippen molar-refractivity contribution in [3.8, 4) is 0 Å². The fraction of sp³-hybridized carbons (Fsp3) is 0. The summed E-state index contributed by atoms with van der Waals surface area (Å²) >= 11 is 0. The van der Waals surface area contributed by atoms with Crippen molar-refractivity contribution < 1.29 is 19.5 Å². The van der Waals surface area contributed by atoms with Gasteiger partial charge in [-0.1, -0.05) is 0 Å². The minimum Gasteiger partial charge on any atom is -0.259 e. The van der Waals surface area contributed by atoms with E-state index < -0.39 is 17.1 Å². The van der Waals surface area contributed by atoms with Gasteiger partial charge in [-0.05, 0) is 0 Å². The van der Waals surface area contributed by atoms with Crippen molar-refractivity contribution in [1.82, 2.24) is 15.0 Å². The number of hydrogen-bond donors (Lipinski definition) is 3. The van der Waals surface area contributed by atoms with E-state index in [1.807, 2.05) is 0 Å². The van der Waals surface area contributed by atoms with Gasteiger partial charge in [0, 0.05) is 19.5 Å². The van der Waals surface area contributed by atoms with Crippen molar-refractivity contribution in [3.05, 3.63) is 31.5 Å². The zero-order chi connectivity index (χ0) is 6.85. The predicted molar refractivity (Wildman–Crippen MR) is 28.3 cm³/mol. The zero-order valence-corrected chi connectivity index (χ0v) is 7.90. The fourth-order valence-electron chi connectivity index (χ4n) is 0.403. The predicted octanol–water partition coefficient (Wildman–Crippen LogP) is -2.25. The second-order valence-corrected chi connectivity index (χ2v) is 1.36. The molecule has 7 heteroatoms. The summed E-state index contributed by atoms with van der Waals surface area (Å²) in [6.07, 6.45) is 0. The first-order valence-corrected chi connectivity index (χ1v) is 2.11. The van der Waals surface area contributed by atoms with Crippen LogP contribution in [0.1, 0.15) is 0 Å². The van der Waals surface area contributed by atoms with E-state index in [1.54, 1.807) is 15.0 Å². The normalized spacial score (nSPS) is 8.40. The van der Waals surface area contributed by atoms with Crippen LogP contribution in [0.25, 0.3) is 0 Å². The van der Waals surface area contributed by atoms with Crippen LogP contribution in [-0.4, -0.2) is 15.0 Å². The number of aromatic amines is 3. The van der Waals surface area contributed by atoms with Crippen molar-refractivity contribution in [2.24, 2.45) is 0 Å². The summed E-state index contributed by atoms with van der Waals surface area (Å²) in [5.41, 5.74) is -2.41. The Labute approximate surface area is 66.5 Å². The Kier molecular flexibility index (Phi) is 2.95. The summed E-state index contributed by atoms with van der Waals surface area (Å²) < 4.78 is 0. The third kappa shape index (κ3) is 2.10. The van der Waals surface area contributed by atoms with Crippen LogP contribution in [0.3, 0.4) is 0 Å². The maximum atomic E-state index is 10.2. The fourth-order valence-corrected chi connectivity index (χ4v) is 0.403. The van der Waals surface area contributed by atoms with Gasteiger partial charge in [-0.15, -0.1) is 0 Å². The Hall–Kier alpha value is -0.967. The van der Waals surface area contributed by atoms with Gasteiger partial charge in [-0.2, -0.15) is 0 Å². The van der Waals surface area contributed by atoms with Gasteiger partial charge in [-0.3, -0.25) is 15.0 Å². The van der Waals surface area contributed by atoms with Gasteiger partial charge in [0.05, 0.1) is 0 Å². The monoisotopic (exact) mass is 193 g/mol. The molecule has 0 amide bonds. The van der Waals surface area contributed by atoms with Crippen LogP contribution in [0, 0.1) is 0 Å². The van der Waals surface area contributed by atoms with Crippen LogP contribution in [0.5, 0.6) is 0 Å². The molecule has 0 bridgehead atoms. The van der Waals surface area contributed by atoms with Crippen molar-refractivity contribution in [1.29, 1.82) is 0 Å². The standard InChI is InChI=1S/C3H3N3O3.Zn/c7-1-4-2(8)6-3(9)5-1;/h(H3,4,5,6,7,8,9);. The summed E-state index contributed by atoms with van der Waals surface area (Å²) in [5, 5.41) is 0. The molecule has 0 atom stereocenters. The zero-order valence-electron chi connectivity index (χ0n) is 4.93. The van der Waals surface area contributed by atoms with Crippen molar-refractivity contribution >= 4 is 0 Å². The Bertz CT molecular complexity index is 281. The molecular weight excluding hydrogens is 191 g/mol. The molecule has 6 nitrogen and oxygen atoms in total. The molecule has 1 rings (SSSR count). The SMILES string of the molecule is O=c1[nH]c(=O)[nH]c(=O)[nH]1.[Zn]. The summed E-state index contributed by atoms with van der Waals surface area (Å²) in [6, 6.07) is 0. The van der Waals surface area contributed by atoms with Gasteiger partial charge in [0.2, 0.25) is 0 Å². The van der Waals surface area contributed by atoms with E-state index in [9.17, 15) is 14.4 Å². The van der Waals surface area contributed by atoms with Crippen LogP contribution in [0.4, 0.5) is 0 Å². The molecule has 1 heterocycles. The van der Waals surface area contributed by atoms with E-state index in [2.05, 4.69) is 0 Å². The molecule has 10 heavy (non-hydrogen) atoms. The number of rotatable bonds is 0. The third-order valence-corrected chi connectivity index (χ3v) is 0.681. The van der Waals surface area contributed by atoms with Crippen molar-refractivity contribution in [2.45, 2.75) is 0 Å². The van der Waals surface area contributed by atoms with Gasteiger partial charge in [0.15, 0.2) is 0 Å². The van der Waals surface area contributed by atoms with Crippen molar-refractivity contribution in [2.75, 3.05) is 0 Å². The molecule has 50 valence electrons. The second-order valence-electron chi connectivity index (χ2n) is 1.36. The topological polar surface area (TPSA) is 98.6 Å². The molecule has 1 aromatic heterocycles. The second kappa shape index (κ2) is 3.26. The van der Waals surface area contributed by atoms with Crippen LogP contribution in [-0.2, 0) is 19.5 Å². The summed E-state index contributed by atoms with van der Waals surface area (Å²) in [5.74, 6) is 0. The Morgan fingerprint density at radius 3 is 1.10 bits per heavy atom. The first-order chi connectivity index (χ1) is 4.18. The molecule has 0 radical (unpaired) electrons. The molecule has 0 spiro atoms. The first kappa shape index (κ1) is 9.03. The minimum absolute atomic E-state index is 0. The maximum absolute atomic E-state index is 10.2. The van der Waals surface area contributed by atoms with Crippen LogP contribution >= 0.6 is 0 Å². The van der Waals surface area contributed by atoms with Crippen LogP contribution < -0.4 is 17.1 Å². The molecule has 0 aliphatic heterocycles. The van der Waals surface area contributed by atoms with Gasteiger partial charge < -0.3 is 0 Å². The quantitative estimate of drug-likeness (QED) is 0.407. The molecule has 0 aromatic carbocycles. The van der Waals surface area contributed by atoms with E-state index in [4.69, 9.17) is 0 Å². The van der Waals surface area contributed by atoms with Crippen LogP contribution in [0.2, 0.25) is 0 Å². The molecule has 0 unspecified atom stereocenters. The van der Waals surface area contributed by atoms with Gasteiger partial charge in [0.1, 0.15) is 0 Å². The molecule has 0 aliphatic rings. The Morgan fingerprint density at radius 1 is 0.700 bits per heavy atom. The number of nitrogens with one attached hydrogen (secondary N) is 3. The number of H-pyrrole nitrogens is 3. The molecule has 0 saturated heterocycles. The van der Waals surface area contributed by atoms with E-state index in [0.717, 1.165) is 0 Å². The summed E-state index contributed by atoms with van der Waals surface area (Å²) in [4.78, 5) is 35.9. The first-order valence-electron chi connectivity index (χ1n) is 2.11. The van der Waals surface area contributed by atoms with Crippen molar-refractivity contribution in [3.63, 3.8) is 0 Å². The van der Waals surface area contributed by atoms with Gasteiger partial charge in [0.25, 0.3) is 0 Å². The molecule has 1 aromatic rings. The number of hydrogen-bond acceptors (Lipinski definition) is 3. The minimum atomic E-state index is -0.802. The molecule has 3 N–H and O–H groups in total. The largest absolute Gasteiger partial charge is 0.330 e. The molecule has 0 aliphatic carbocycles. The number of aromatic nitrogens is 3. The molecular formula is C3H3N3O3Zn. The van der Waals surface area contributed by atoms with Gasteiger partial charge in [-0.25, -0.2) is 14.4 Å². The third-order valence-electron chi connectivity index (χ3n) is 0.681. The average Bonchev–Trinajstić information content (AvgIpc) is 1.59. The van der Waals surface area contributed by atoms with E-state index >= 15 is 0 Å². The van der Waals surface area contributed by atoms with Crippen LogP contribution in [0.15, 0.2) is 14.4 Å². The Balaban J connectivity index is 0.000000810. The summed E-state index contributed by atoms with van der Waals surface area (Å²) in [7, 11) is 0. The smallest absolute Gasteiger partial charge is 0.259 e. The van der Waals surface area contributed by atoms with E-state index in [1.165, 1.54) is 0 Å². The maximum Gasteiger partial charge on any atom is 0.330 e. The van der Waals surface area contributed by atoms with E-state index in [0.29, 0.717) is 0 Å². The average molecular weight is 194 g/mol. The molecule has 0 fully saturated rings. The summed E-state index contributed by atoms with van der Waals surface area (Å²) in [6.45, 7) is 0. The van der Waals surface area contributed by atoms with Gasteiger partial charge >= 0.3 is 17.1 Å². The van der Waals surface area contributed by atoms with E-state index in [-0.39, 0.29) is 19.5 Å². The Morgan fingerprint density at radius 2 is 0.900 bits per heavy atom. The molecule has 0 saturated carbocycles.